The van der Waals surface area contributed by atoms with Crippen molar-refractivity contribution < 1.29 is 15.3 Å². The van der Waals surface area contributed by atoms with Crippen molar-refractivity contribution in [2.45, 2.75) is 32.5 Å². The van der Waals surface area contributed by atoms with Gasteiger partial charge in [-0.15, -0.1) is 0 Å². The van der Waals surface area contributed by atoms with Gasteiger partial charge in [0.15, 0.2) is 0 Å². The maximum atomic E-state index is 9.38. The summed E-state index contributed by atoms with van der Waals surface area (Å²) in [6.45, 7) is 6.95. The third-order valence-electron chi connectivity index (χ3n) is 1.98. The van der Waals surface area contributed by atoms with E-state index in [2.05, 4.69) is 6.58 Å². The van der Waals surface area contributed by atoms with Crippen molar-refractivity contribution in [1.29, 1.82) is 0 Å². The van der Waals surface area contributed by atoms with Crippen LogP contribution >= 0.6 is 0 Å². The first-order chi connectivity index (χ1) is 5.49. The molecule has 0 aromatic rings. The molecule has 12 heavy (non-hydrogen) atoms. The van der Waals surface area contributed by atoms with Gasteiger partial charge in [-0.25, -0.2) is 0 Å². The highest BCUT2D eigenvalue weighted by Crippen LogP contribution is 2.12. The molecule has 0 fully saturated rings. The molecule has 0 aliphatic heterocycles. The number of aliphatic hydroxyl groups is 3. The summed E-state index contributed by atoms with van der Waals surface area (Å²) in [5.41, 5.74) is 0.638. The van der Waals surface area contributed by atoms with E-state index >= 15 is 0 Å². The summed E-state index contributed by atoms with van der Waals surface area (Å²) in [4.78, 5) is 0. The lowest BCUT2D eigenvalue weighted by Gasteiger charge is -2.19. The van der Waals surface area contributed by atoms with Gasteiger partial charge in [0.2, 0.25) is 0 Å². The first-order valence-electron chi connectivity index (χ1n) is 4.11. The fraction of sp³-hybridized carbons (Fsp3) is 0.778. The van der Waals surface area contributed by atoms with Crippen LogP contribution in [-0.2, 0) is 0 Å². The zero-order valence-corrected chi connectivity index (χ0v) is 7.70. The Balaban J connectivity index is 3.83. The van der Waals surface area contributed by atoms with Crippen molar-refractivity contribution in [3.63, 3.8) is 0 Å². The Morgan fingerprint density at radius 3 is 2.25 bits per heavy atom. The Labute approximate surface area is 73.4 Å². The molecule has 0 rings (SSSR count). The highest BCUT2D eigenvalue weighted by molar-refractivity contribution is 4.97. The van der Waals surface area contributed by atoms with E-state index in [1.54, 1.807) is 13.8 Å². The molecule has 0 spiro atoms. The molecule has 0 heterocycles. The molecule has 0 saturated carbocycles. The van der Waals surface area contributed by atoms with Gasteiger partial charge in [0.1, 0.15) is 0 Å². The molecule has 0 aromatic carbocycles. The van der Waals surface area contributed by atoms with Crippen LogP contribution in [-0.4, -0.2) is 34.1 Å². The molecule has 0 saturated heterocycles. The first kappa shape index (κ1) is 11.6. The van der Waals surface area contributed by atoms with Gasteiger partial charge in [0.05, 0.1) is 12.2 Å². The molecule has 3 nitrogen and oxygen atoms in total. The highest BCUT2D eigenvalue weighted by atomic mass is 16.3. The molecule has 3 N–H and O–H groups in total. The van der Waals surface area contributed by atoms with Crippen molar-refractivity contribution in [2.24, 2.45) is 5.92 Å². The Kier molecular flexibility index (Phi) is 5.13. The molecule has 0 aliphatic rings. The molecule has 3 atom stereocenters. The number of hydrogen-bond donors (Lipinski definition) is 3. The molecule has 0 aromatic heterocycles. The van der Waals surface area contributed by atoms with Crippen molar-refractivity contribution in [2.75, 3.05) is 6.61 Å². The van der Waals surface area contributed by atoms with Crippen molar-refractivity contribution in [1.82, 2.24) is 0 Å². The number of hydrogen-bond acceptors (Lipinski definition) is 3. The maximum absolute atomic E-state index is 9.38. The van der Waals surface area contributed by atoms with E-state index in [0.29, 0.717) is 5.57 Å². The van der Waals surface area contributed by atoms with Crippen LogP contribution in [0, 0.1) is 5.92 Å². The summed E-state index contributed by atoms with van der Waals surface area (Å²) in [5, 5.41) is 27.4. The fourth-order valence-corrected chi connectivity index (χ4v) is 0.784. The van der Waals surface area contributed by atoms with Crippen LogP contribution in [0.3, 0.4) is 0 Å². The van der Waals surface area contributed by atoms with Gasteiger partial charge in [0.25, 0.3) is 0 Å². The van der Waals surface area contributed by atoms with Gasteiger partial charge in [-0.1, -0.05) is 19.1 Å². The summed E-state index contributed by atoms with van der Waals surface area (Å²) < 4.78 is 0. The van der Waals surface area contributed by atoms with Crippen LogP contribution in [0.25, 0.3) is 0 Å². The van der Waals surface area contributed by atoms with Gasteiger partial charge in [-0.05, 0) is 6.92 Å². The van der Waals surface area contributed by atoms with Crippen LogP contribution in [0.2, 0.25) is 0 Å². The highest BCUT2D eigenvalue weighted by Gasteiger charge is 2.17. The summed E-state index contributed by atoms with van der Waals surface area (Å²) >= 11 is 0. The first-order valence-corrected chi connectivity index (χ1v) is 4.11. The van der Waals surface area contributed by atoms with E-state index in [1.807, 2.05) is 0 Å². The van der Waals surface area contributed by atoms with Gasteiger partial charge >= 0.3 is 0 Å². The molecule has 0 aliphatic carbocycles. The Morgan fingerprint density at radius 1 is 1.42 bits per heavy atom. The summed E-state index contributed by atoms with van der Waals surface area (Å²) in [7, 11) is 0. The molecule has 0 amide bonds. The van der Waals surface area contributed by atoms with E-state index in [1.165, 1.54) is 0 Å². The second-order valence-electron chi connectivity index (χ2n) is 3.33. The maximum Gasteiger partial charge on any atom is 0.0769 e. The topological polar surface area (TPSA) is 60.7 Å². The van der Waals surface area contributed by atoms with E-state index in [0.717, 1.165) is 0 Å². The minimum Gasteiger partial charge on any atom is -0.396 e. The second-order valence-corrected chi connectivity index (χ2v) is 3.33. The van der Waals surface area contributed by atoms with Gasteiger partial charge in [-0.3, -0.25) is 0 Å². The van der Waals surface area contributed by atoms with E-state index in [9.17, 15) is 10.2 Å². The van der Waals surface area contributed by atoms with Crippen molar-refractivity contribution in [3.8, 4) is 0 Å². The lowest BCUT2D eigenvalue weighted by molar-refractivity contribution is 0.0390. The summed E-state index contributed by atoms with van der Waals surface area (Å²) in [5.74, 6) is -0.195. The molecule has 3 heteroatoms. The second kappa shape index (κ2) is 5.30. The molecule has 72 valence electrons. The van der Waals surface area contributed by atoms with Gasteiger partial charge in [-0.2, -0.15) is 0 Å². The molecular weight excluding hydrogens is 156 g/mol. The Morgan fingerprint density at radius 2 is 1.92 bits per heavy atom. The fourth-order valence-electron chi connectivity index (χ4n) is 0.784. The third kappa shape index (κ3) is 3.85. The molecule has 0 radical (unpaired) electrons. The smallest absolute Gasteiger partial charge is 0.0769 e. The minimum atomic E-state index is -0.672. The molecular formula is C9H18O3. The monoisotopic (exact) mass is 174 g/mol. The summed E-state index contributed by atoms with van der Waals surface area (Å²) in [6, 6.07) is 0. The zero-order chi connectivity index (χ0) is 9.72. The minimum absolute atomic E-state index is 0.0654. The average Bonchev–Trinajstić information content (AvgIpc) is 2.02. The number of aliphatic hydroxyl groups excluding tert-OH is 3. The van der Waals surface area contributed by atoms with E-state index < -0.39 is 12.2 Å². The standard InChI is InChI=1S/C9H18O3/c1-6(2)8(11)4-9(12)7(3)5-10/h7-12H,1,4-5H2,2-3H3. The van der Waals surface area contributed by atoms with Crippen molar-refractivity contribution in [3.05, 3.63) is 12.2 Å². The van der Waals surface area contributed by atoms with Gasteiger partial charge in [0, 0.05) is 18.9 Å². The Bertz CT molecular complexity index is 145. The lowest BCUT2D eigenvalue weighted by Crippen LogP contribution is -2.26. The largest absolute Gasteiger partial charge is 0.396 e. The van der Waals surface area contributed by atoms with E-state index in [4.69, 9.17) is 5.11 Å². The Hall–Kier alpha value is -0.380. The van der Waals surface area contributed by atoms with Gasteiger partial charge < -0.3 is 15.3 Å². The van der Waals surface area contributed by atoms with E-state index in [-0.39, 0.29) is 18.9 Å². The quantitative estimate of drug-likeness (QED) is 0.525. The lowest BCUT2D eigenvalue weighted by atomic mass is 9.97. The van der Waals surface area contributed by atoms with Crippen LogP contribution in [0.4, 0.5) is 0 Å². The van der Waals surface area contributed by atoms with Crippen LogP contribution in [0.1, 0.15) is 20.3 Å². The zero-order valence-electron chi connectivity index (χ0n) is 7.70. The van der Waals surface area contributed by atoms with Crippen LogP contribution < -0.4 is 0 Å². The third-order valence-corrected chi connectivity index (χ3v) is 1.98. The summed E-state index contributed by atoms with van der Waals surface area (Å²) in [6.07, 6.45) is -1.09. The average molecular weight is 174 g/mol. The van der Waals surface area contributed by atoms with Crippen LogP contribution in [0.15, 0.2) is 12.2 Å². The number of rotatable bonds is 5. The predicted octanol–water partition coefficient (Wildman–Crippen LogP) is 0.303. The SMILES string of the molecule is C=C(C)C(O)CC(O)C(C)CO. The normalized spacial score (nSPS) is 18.4. The van der Waals surface area contributed by atoms with Crippen molar-refractivity contribution >= 4 is 0 Å². The van der Waals surface area contributed by atoms with Crippen LogP contribution in [0.5, 0.6) is 0 Å². The molecule has 3 unspecified atom stereocenters. The predicted molar refractivity (Wildman–Crippen MR) is 47.7 cm³/mol. The molecule has 0 bridgehead atoms.